The lowest BCUT2D eigenvalue weighted by Gasteiger charge is -2.11. The molecule has 2 N–H and O–H groups in total. The maximum atomic E-state index is 13.0. The van der Waals surface area contributed by atoms with Gasteiger partial charge in [0.25, 0.3) is 5.91 Å². The number of rotatable bonds is 8. The largest absolute Gasteiger partial charge is 0.494 e. The Bertz CT molecular complexity index is 1130. The second-order valence-electron chi connectivity index (χ2n) is 7.40. The van der Waals surface area contributed by atoms with Gasteiger partial charge in [0, 0.05) is 10.6 Å². The molecule has 1 aromatic heterocycles. The Kier molecular flexibility index (Phi) is 6.72. The summed E-state index contributed by atoms with van der Waals surface area (Å²) in [6.45, 7) is 1.67. The number of aromatic nitrogens is 2. The van der Waals surface area contributed by atoms with Crippen molar-refractivity contribution in [2.24, 2.45) is 0 Å². The Morgan fingerprint density at radius 3 is 2.81 bits per heavy atom. The zero-order chi connectivity index (χ0) is 22.5. The quantitative estimate of drug-likeness (QED) is 0.512. The van der Waals surface area contributed by atoms with Crippen LogP contribution in [0.3, 0.4) is 0 Å². The van der Waals surface area contributed by atoms with Gasteiger partial charge in [-0.3, -0.25) is 9.59 Å². The molecule has 0 radical (unpaired) electrons. The van der Waals surface area contributed by atoms with Crippen LogP contribution in [0.4, 0.5) is 0 Å². The van der Waals surface area contributed by atoms with Crippen LogP contribution in [0.15, 0.2) is 54.6 Å². The first-order chi connectivity index (χ1) is 15.5. The molecule has 0 bridgehead atoms. The van der Waals surface area contributed by atoms with Crippen LogP contribution in [-0.2, 0) is 4.79 Å². The number of nitrogens with one attached hydrogen (secondary N) is 2. The summed E-state index contributed by atoms with van der Waals surface area (Å²) in [6, 6.07) is 16.7. The molecule has 32 heavy (non-hydrogen) atoms. The van der Waals surface area contributed by atoms with Gasteiger partial charge in [-0.15, -0.1) is 0 Å². The number of hydrogen-bond donors (Lipinski definition) is 2. The van der Waals surface area contributed by atoms with Gasteiger partial charge in [0.15, 0.2) is 5.69 Å². The van der Waals surface area contributed by atoms with Crippen LogP contribution in [0.1, 0.15) is 16.9 Å². The molecule has 0 unspecified atom stereocenters. The topological polar surface area (TPSA) is 88.5 Å². The van der Waals surface area contributed by atoms with Gasteiger partial charge in [0.2, 0.25) is 5.91 Å². The average Bonchev–Trinajstić information content (AvgIpc) is 3.43. The Hall–Kier alpha value is -3.36. The molecule has 2 heterocycles. The molecule has 9 heteroatoms. The number of halogens is 1. The summed E-state index contributed by atoms with van der Waals surface area (Å²) < 4.78 is 7.56. The molecule has 0 spiro atoms. The van der Waals surface area contributed by atoms with E-state index < -0.39 is 0 Å². The monoisotopic (exact) mass is 453 g/mol. The normalized spacial score (nSPS) is 13.3. The van der Waals surface area contributed by atoms with Crippen molar-refractivity contribution >= 4 is 23.4 Å². The van der Waals surface area contributed by atoms with E-state index in [1.54, 1.807) is 22.9 Å². The first-order valence-corrected chi connectivity index (χ1v) is 10.7. The number of ether oxygens (including phenoxy) is 1. The molecule has 8 nitrogen and oxygen atoms in total. The molecule has 4 rings (SSSR count). The van der Waals surface area contributed by atoms with Crippen molar-refractivity contribution in [3.63, 3.8) is 0 Å². The lowest BCUT2D eigenvalue weighted by Crippen LogP contribution is -2.30. The fraction of sp³-hybridized carbons (Fsp3) is 0.261. The minimum atomic E-state index is -0.315. The number of hydrogen-bond acceptors (Lipinski definition) is 5. The van der Waals surface area contributed by atoms with E-state index in [1.807, 2.05) is 43.4 Å². The van der Waals surface area contributed by atoms with E-state index in [9.17, 15) is 9.59 Å². The maximum Gasteiger partial charge on any atom is 0.276 e. The fourth-order valence-electron chi connectivity index (χ4n) is 3.45. The van der Waals surface area contributed by atoms with E-state index in [2.05, 4.69) is 15.7 Å². The number of carbonyl (C=O) groups excluding carboxylic acids is 2. The molecule has 2 aromatic carbocycles. The molecule has 1 fully saturated rings. The highest BCUT2D eigenvalue weighted by Gasteiger charge is 2.27. The first-order valence-electron chi connectivity index (χ1n) is 10.3. The minimum Gasteiger partial charge on any atom is -0.494 e. The molecular weight excluding hydrogens is 430 g/mol. The molecule has 0 atom stereocenters. The summed E-state index contributed by atoms with van der Waals surface area (Å²) in [5.74, 6) is 0.237. The van der Waals surface area contributed by atoms with Gasteiger partial charge in [0.05, 0.1) is 24.7 Å². The molecule has 3 aromatic rings. The van der Waals surface area contributed by atoms with Crippen molar-refractivity contribution in [1.82, 2.24) is 25.3 Å². The van der Waals surface area contributed by atoms with E-state index in [1.165, 1.54) is 4.90 Å². The predicted octanol–water partition coefficient (Wildman–Crippen LogP) is 2.71. The van der Waals surface area contributed by atoms with Crippen LogP contribution in [0, 0.1) is 0 Å². The lowest BCUT2D eigenvalue weighted by atomic mass is 10.1. The van der Waals surface area contributed by atoms with Crippen LogP contribution < -0.4 is 15.4 Å². The van der Waals surface area contributed by atoms with Crippen LogP contribution >= 0.6 is 11.6 Å². The van der Waals surface area contributed by atoms with Crippen molar-refractivity contribution in [1.29, 1.82) is 0 Å². The standard InChI is InChI=1S/C23H24ClN5O3/c1-25-9-4-10-32-19-8-2-5-16(11-19)21-13-20(23(31)28-14-22(30)26-15-28)27-29(21)18-7-3-6-17(24)12-18/h2-3,5-8,11-13,25H,4,9-10,14-15H2,1H3,(H,26,30). The van der Waals surface area contributed by atoms with Gasteiger partial charge >= 0.3 is 0 Å². The van der Waals surface area contributed by atoms with Crippen LogP contribution in [-0.4, -0.2) is 59.9 Å². The molecule has 0 saturated carbocycles. The molecule has 2 amide bonds. The third-order valence-electron chi connectivity index (χ3n) is 5.04. The third kappa shape index (κ3) is 4.92. The van der Waals surface area contributed by atoms with Gasteiger partial charge in [-0.25, -0.2) is 4.68 Å². The lowest BCUT2D eigenvalue weighted by molar-refractivity contribution is -0.118. The van der Waals surface area contributed by atoms with Crippen molar-refractivity contribution in [3.8, 4) is 22.7 Å². The highest BCUT2D eigenvalue weighted by atomic mass is 35.5. The Labute approximate surface area is 191 Å². The summed E-state index contributed by atoms with van der Waals surface area (Å²) >= 11 is 6.20. The zero-order valence-electron chi connectivity index (χ0n) is 17.7. The Morgan fingerprint density at radius 2 is 2.06 bits per heavy atom. The SMILES string of the molecule is CNCCCOc1cccc(-c2cc(C(=O)N3CNC(=O)C3)nn2-c2cccc(Cl)c2)c1. The van der Waals surface area contributed by atoms with Crippen molar-refractivity contribution in [2.75, 3.05) is 33.4 Å². The van der Waals surface area contributed by atoms with Crippen LogP contribution in [0.25, 0.3) is 16.9 Å². The van der Waals surface area contributed by atoms with Crippen molar-refractivity contribution in [2.45, 2.75) is 6.42 Å². The molecule has 1 aliphatic rings. The number of benzene rings is 2. The van der Waals surface area contributed by atoms with E-state index in [0.29, 0.717) is 11.6 Å². The van der Waals surface area contributed by atoms with Gasteiger partial charge in [-0.1, -0.05) is 29.8 Å². The van der Waals surface area contributed by atoms with Gasteiger partial charge in [-0.2, -0.15) is 5.10 Å². The predicted molar refractivity (Wildman–Crippen MR) is 122 cm³/mol. The summed E-state index contributed by atoms with van der Waals surface area (Å²) in [5.41, 5.74) is 2.53. The van der Waals surface area contributed by atoms with Crippen LogP contribution in [0.2, 0.25) is 5.02 Å². The van der Waals surface area contributed by atoms with Gasteiger partial charge < -0.3 is 20.3 Å². The summed E-state index contributed by atoms with van der Waals surface area (Å²) in [4.78, 5) is 25.9. The highest BCUT2D eigenvalue weighted by molar-refractivity contribution is 6.30. The smallest absolute Gasteiger partial charge is 0.276 e. The van der Waals surface area contributed by atoms with E-state index in [0.717, 1.165) is 35.7 Å². The van der Waals surface area contributed by atoms with E-state index in [4.69, 9.17) is 16.3 Å². The fourth-order valence-corrected chi connectivity index (χ4v) is 3.64. The number of nitrogens with zero attached hydrogens (tertiary/aromatic N) is 3. The van der Waals surface area contributed by atoms with E-state index >= 15 is 0 Å². The van der Waals surface area contributed by atoms with Gasteiger partial charge in [0.1, 0.15) is 12.3 Å². The average molecular weight is 454 g/mol. The van der Waals surface area contributed by atoms with E-state index in [-0.39, 0.29) is 30.7 Å². The molecule has 1 saturated heterocycles. The molecule has 166 valence electrons. The first kappa shape index (κ1) is 21.9. The van der Waals surface area contributed by atoms with Crippen molar-refractivity contribution < 1.29 is 14.3 Å². The zero-order valence-corrected chi connectivity index (χ0v) is 18.4. The maximum absolute atomic E-state index is 13.0. The second kappa shape index (κ2) is 9.84. The van der Waals surface area contributed by atoms with Crippen LogP contribution in [0.5, 0.6) is 5.75 Å². The Balaban J connectivity index is 1.69. The minimum absolute atomic E-state index is 0.0220. The molecular formula is C23H24ClN5O3. The summed E-state index contributed by atoms with van der Waals surface area (Å²) in [5, 5.41) is 10.9. The third-order valence-corrected chi connectivity index (χ3v) is 5.27. The second-order valence-corrected chi connectivity index (χ2v) is 7.84. The molecule has 0 aliphatic carbocycles. The van der Waals surface area contributed by atoms with Crippen molar-refractivity contribution in [3.05, 3.63) is 65.3 Å². The van der Waals surface area contributed by atoms with Gasteiger partial charge in [-0.05, 0) is 56.4 Å². The number of amides is 2. The molecule has 1 aliphatic heterocycles. The summed E-state index contributed by atoms with van der Waals surface area (Å²) in [7, 11) is 1.91. The summed E-state index contributed by atoms with van der Waals surface area (Å²) in [6.07, 6.45) is 0.891. The highest BCUT2D eigenvalue weighted by Crippen LogP contribution is 2.28. The Morgan fingerprint density at radius 1 is 1.22 bits per heavy atom. The number of carbonyl (C=O) groups is 2.